The van der Waals surface area contributed by atoms with E-state index in [0.29, 0.717) is 10.6 Å². The Morgan fingerprint density at radius 3 is 2.80 bits per heavy atom. The summed E-state index contributed by atoms with van der Waals surface area (Å²) < 4.78 is 0. The van der Waals surface area contributed by atoms with Gasteiger partial charge in [0.15, 0.2) is 5.69 Å². The van der Waals surface area contributed by atoms with Crippen LogP contribution in [0.1, 0.15) is 16.1 Å². The molecule has 0 saturated heterocycles. The summed E-state index contributed by atoms with van der Waals surface area (Å²) in [6.07, 6.45) is 1.33. The Labute approximate surface area is 95.2 Å². The maximum absolute atomic E-state index is 11.8. The lowest BCUT2D eigenvalue weighted by Crippen LogP contribution is -2.02. The summed E-state index contributed by atoms with van der Waals surface area (Å²) >= 11 is 11.7. The highest BCUT2D eigenvalue weighted by molar-refractivity contribution is 6.44. The van der Waals surface area contributed by atoms with E-state index in [1.165, 1.54) is 6.20 Å². The standard InChI is InChI=1S/C9H5Cl2N3O/c10-6-3-1-2-5(8(6)11)9(15)7-4-12-14-13-7/h1-4H,(H,12,13,14). The minimum Gasteiger partial charge on any atom is -0.287 e. The van der Waals surface area contributed by atoms with Crippen molar-refractivity contribution in [2.75, 3.05) is 0 Å². The van der Waals surface area contributed by atoms with Crippen LogP contribution in [-0.4, -0.2) is 21.2 Å². The summed E-state index contributed by atoms with van der Waals surface area (Å²) in [5.74, 6) is -0.309. The van der Waals surface area contributed by atoms with Gasteiger partial charge in [-0.15, -0.1) is 0 Å². The molecule has 4 nitrogen and oxygen atoms in total. The third-order valence-corrected chi connectivity index (χ3v) is 2.66. The maximum Gasteiger partial charge on any atom is 0.216 e. The molecule has 1 N–H and O–H groups in total. The molecule has 0 aliphatic heterocycles. The van der Waals surface area contributed by atoms with Crippen LogP contribution in [0.25, 0.3) is 0 Å². The molecular weight excluding hydrogens is 237 g/mol. The average molecular weight is 242 g/mol. The number of halogens is 2. The second-order valence-electron chi connectivity index (χ2n) is 2.79. The maximum atomic E-state index is 11.8. The lowest BCUT2D eigenvalue weighted by Gasteiger charge is -2.01. The first-order valence-electron chi connectivity index (χ1n) is 4.04. The smallest absolute Gasteiger partial charge is 0.216 e. The zero-order chi connectivity index (χ0) is 10.8. The van der Waals surface area contributed by atoms with E-state index >= 15 is 0 Å². The number of carbonyl (C=O) groups is 1. The van der Waals surface area contributed by atoms with Gasteiger partial charge in [0.1, 0.15) is 0 Å². The molecule has 0 amide bonds. The highest BCUT2D eigenvalue weighted by Crippen LogP contribution is 2.26. The van der Waals surface area contributed by atoms with Crippen molar-refractivity contribution in [3.05, 3.63) is 45.7 Å². The summed E-state index contributed by atoms with van der Waals surface area (Å²) in [6, 6.07) is 4.86. The number of nitrogens with one attached hydrogen (secondary N) is 1. The number of ketones is 1. The van der Waals surface area contributed by atoms with E-state index in [1.807, 2.05) is 0 Å². The minimum absolute atomic E-state index is 0.208. The molecule has 2 rings (SSSR count). The monoisotopic (exact) mass is 241 g/mol. The summed E-state index contributed by atoms with van der Waals surface area (Å²) in [5, 5.41) is 10.1. The Morgan fingerprint density at radius 1 is 1.33 bits per heavy atom. The topological polar surface area (TPSA) is 58.6 Å². The second-order valence-corrected chi connectivity index (χ2v) is 3.57. The molecule has 0 bridgehead atoms. The molecule has 0 fully saturated rings. The number of nitrogens with zero attached hydrogens (tertiary/aromatic N) is 2. The van der Waals surface area contributed by atoms with Gasteiger partial charge in [0, 0.05) is 5.56 Å². The Hall–Kier alpha value is -1.39. The molecule has 0 radical (unpaired) electrons. The van der Waals surface area contributed by atoms with Crippen molar-refractivity contribution >= 4 is 29.0 Å². The van der Waals surface area contributed by atoms with Crippen LogP contribution in [0, 0.1) is 0 Å². The molecule has 76 valence electrons. The fourth-order valence-corrected chi connectivity index (χ4v) is 1.51. The molecule has 15 heavy (non-hydrogen) atoms. The number of aromatic amines is 1. The van der Waals surface area contributed by atoms with E-state index in [0.717, 1.165) is 0 Å². The van der Waals surface area contributed by atoms with Gasteiger partial charge < -0.3 is 0 Å². The first-order valence-corrected chi connectivity index (χ1v) is 4.80. The first-order chi connectivity index (χ1) is 7.20. The number of hydrogen-bond donors (Lipinski definition) is 1. The molecule has 1 aromatic heterocycles. The highest BCUT2D eigenvalue weighted by atomic mass is 35.5. The molecule has 1 aromatic carbocycles. The predicted molar refractivity (Wildman–Crippen MR) is 56.3 cm³/mol. The third-order valence-electron chi connectivity index (χ3n) is 1.84. The van der Waals surface area contributed by atoms with Crippen LogP contribution in [0.15, 0.2) is 24.4 Å². The van der Waals surface area contributed by atoms with Gasteiger partial charge in [0.05, 0.1) is 16.2 Å². The predicted octanol–water partition coefficient (Wildman–Crippen LogP) is 2.34. The Kier molecular flexibility index (Phi) is 2.70. The number of aromatic nitrogens is 3. The van der Waals surface area contributed by atoms with Crippen LogP contribution < -0.4 is 0 Å². The number of H-pyrrole nitrogens is 1. The van der Waals surface area contributed by atoms with Gasteiger partial charge in [0.2, 0.25) is 5.78 Å². The molecule has 0 aliphatic rings. The number of hydrogen-bond acceptors (Lipinski definition) is 3. The molecule has 0 spiro atoms. The van der Waals surface area contributed by atoms with Gasteiger partial charge in [-0.1, -0.05) is 29.3 Å². The SMILES string of the molecule is O=C(c1cn[nH]n1)c1cccc(Cl)c1Cl. The zero-order valence-electron chi connectivity index (χ0n) is 7.37. The molecular formula is C9H5Cl2N3O. The Bertz CT molecular complexity index is 496. The number of benzene rings is 1. The molecule has 0 saturated carbocycles. The molecule has 1 heterocycles. The first kappa shape index (κ1) is 10.1. The van der Waals surface area contributed by atoms with Gasteiger partial charge in [-0.3, -0.25) is 4.79 Å². The normalized spacial score (nSPS) is 10.3. The number of rotatable bonds is 2. The lowest BCUT2D eigenvalue weighted by molar-refractivity contribution is 0.103. The van der Waals surface area contributed by atoms with Crippen LogP contribution in [-0.2, 0) is 0 Å². The van der Waals surface area contributed by atoms with Crippen molar-refractivity contribution < 1.29 is 4.79 Å². The molecule has 0 unspecified atom stereocenters. The summed E-state index contributed by atoms with van der Waals surface area (Å²) in [5.41, 5.74) is 0.525. The van der Waals surface area contributed by atoms with Gasteiger partial charge >= 0.3 is 0 Å². The van der Waals surface area contributed by atoms with Crippen molar-refractivity contribution in [2.24, 2.45) is 0 Å². The van der Waals surface area contributed by atoms with Gasteiger partial charge in [-0.05, 0) is 12.1 Å². The number of carbonyl (C=O) groups excluding carboxylic acids is 1. The summed E-state index contributed by atoms with van der Waals surface area (Å²) in [7, 11) is 0. The summed E-state index contributed by atoms with van der Waals surface area (Å²) in [4.78, 5) is 11.8. The van der Waals surface area contributed by atoms with E-state index in [2.05, 4.69) is 15.4 Å². The van der Waals surface area contributed by atoms with E-state index in [-0.39, 0.29) is 16.5 Å². The largest absolute Gasteiger partial charge is 0.287 e. The summed E-state index contributed by atoms with van der Waals surface area (Å²) in [6.45, 7) is 0. The van der Waals surface area contributed by atoms with Gasteiger partial charge in [0.25, 0.3) is 0 Å². The van der Waals surface area contributed by atoms with Crippen molar-refractivity contribution in [3.63, 3.8) is 0 Å². The quantitative estimate of drug-likeness (QED) is 0.822. The average Bonchev–Trinajstić information content (AvgIpc) is 2.74. The molecule has 0 aliphatic carbocycles. The van der Waals surface area contributed by atoms with Gasteiger partial charge in [-0.2, -0.15) is 15.4 Å². The van der Waals surface area contributed by atoms with Crippen LogP contribution in [0.5, 0.6) is 0 Å². The second kappa shape index (κ2) is 4.00. The molecule has 0 atom stereocenters. The van der Waals surface area contributed by atoms with Crippen molar-refractivity contribution in [1.29, 1.82) is 0 Å². The minimum atomic E-state index is -0.309. The van der Waals surface area contributed by atoms with E-state index < -0.39 is 0 Å². The van der Waals surface area contributed by atoms with Crippen molar-refractivity contribution in [1.82, 2.24) is 15.4 Å². The fraction of sp³-hybridized carbons (Fsp3) is 0. The van der Waals surface area contributed by atoms with E-state index in [9.17, 15) is 4.79 Å². The van der Waals surface area contributed by atoms with Crippen molar-refractivity contribution in [2.45, 2.75) is 0 Å². The van der Waals surface area contributed by atoms with Crippen molar-refractivity contribution in [3.8, 4) is 0 Å². The van der Waals surface area contributed by atoms with E-state index in [4.69, 9.17) is 23.2 Å². The molecule has 6 heteroatoms. The van der Waals surface area contributed by atoms with Crippen LogP contribution in [0.4, 0.5) is 0 Å². The van der Waals surface area contributed by atoms with Crippen LogP contribution >= 0.6 is 23.2 Å². The molecule has 2 aromatic rings. The highest BCUT2D eigenvalue weighted by Gasteiger charge is 2.16. The Balaban J connectivity index is 2.47. The fourth-order valence-electron chi connectivity index (χ4n) is 1.13. The zero-order valence-corrected chi connectivity index (χ0v) is 8.88. The van der Waals surface area contributed by atoms with Crippen LogP contribution in [0.2, 0.25) is 10.0 Å². The Morgan fingerprint density at radius 2 is 2.13 bits per heavy atom. The van der Waals surface area contributed by atoms with E-state index in [1.54, 1.807) is 18.2 Å². The third kappa shape index (κ3) is 1.86. The van der Waals surface area contributed by atoms with Gasteiger partial charge in [-0.25, -0.2) is 0 Å². The lowest BCUT2D eigenvalue weighted by atomic mass is 10.1. The van der Waals surface area contributed by atoms with Crippen LogP contribution in [0.3, 0.4) is 0 Å².